The van der Waals surface area contributed by atoms with Gasteiger partial charge in [-0.05, 0) is 0 Å². The zero-order valence-electron chi connectivity index (χ0n) is 23.4. The Hall–Kier alpha value is 3.02. The fourth-order valence-electron chi connectivity index (χ4n) is 0. The van der Waals surface area contributed by atoms with E-state index in [1.807, 2.05) is 0 Å². The Balaban J connectivity index is -0.0000000143. The summed E-state index contributed by atoms with van der Waals surface area (Å²) in [5, 5.41) is 0. The first-order chi connectivity index (χ1) is 22.5. The van der Waals surface area contributed by atoms with E-state index >= 15 is 0 Å². The minimum atomic E-state index is -3.13. The molecule has 0 unspecified atom stereocenters. The Morgan fingerprint density at radius 2 is 0.117 bits per heavy atom. The van der Waals surface area contributed by atoms with Crippen molar-refractivity contribution in [3.63, 3.8) is 0 Å². The van der Waals surface area contributed by atoms with Crippen LogP contribution in [0.2, 0.25) is 0 Å². The average Bonchev–Trinajstić information content (AvgIpc) is 2.67. The number of rotatable bonds is 0. The molecule has 0 aromatic heterocycles. The number of hydrogen-bond donors (Lipinski definition) is 26. The van der Waals surface area contributed by atoms with Gasteiger partial charge in [0.25, 0.3) is 0 Å². The van der Waals surface area contributed by atoms with Crippen LogP contribution in [0.5, 0.6) is 0 Å². The van der Waals surface area contributed by atoms with E-state index < -0.39 is 119 Å². The van der Waals surface area contributed by atoms with Crippen LogP contribution in [0, 0.1) is 0 Å². The van der Waals surface area contributed by atoms with Crippen molar-refractivity contribution in [1.82, 2.24) is 0 Å². The second-order valence-electron chi connectivity index (χ2n) is 3.67. The molecule has 0 aliphatic carbocycles. The third-order valence-electron chi connectivity index (χ3n) is 0. The first kappa shape index (κ1) is 137. The van der Waals surface area contributed by atoms with Gasteiger partial charge in [-0.3, -0.25) is 58.0 Å². The second kappa shape index (κ2) is 131. The molecule has 0 saturated carbocycles. The van der Waals surface area contributed by atoms with Crippen molar-refractivity contribution in [3.8, 4) is 0 Å². The van der Waals surface area contributed by atoms with Crippen molar-refractivity contribution in [3.05, 3.63) is 0 Å². The summed E-state index contributed by atoms with van der Waals surface area (Å²) in [6.45, 7) is 0. The van der Waals surface area contributed by atoms with Crippen molar-refractivity contribution >= 4 is 356 Å². The molecular weight excluding hydrogens is 1170 g/mol. The summed E-state index contributed by atoms with van der Waals surface area (Å²) >= 11 is 0. The van der Waals surface area contributed by atoms with Gasteiger partial charge in [0.2, 0.25) is 0 Å². The molecule has 0 aromatic carbocycles. The maximum absolute atomic E-state index is 8.74. The number of hydrogen-bond acceptors (Lipinski definition) is 13. The van der Waals surface area contributed by atoms with E-state index in [2.05, 4.69) is 0 Å². The Morgan fingerprint density at radius 3 is 0.117 bits per heavy atom. The van der Waals surface area contributed by atoms with Crippen LogP contribution in [0.15, 0.2) is 0 Å². The van der Waals surface area contributed by atoms with Gasteiger partial charge in [0.15, 0.2) is 0 Å². The summed E-state index contributed by atoms with van der Waals surface area (Å²) in [6, 6.07) is 0. The van der Waals surface area contributed by atoms with Crippen molar-refractivity contribution in [2.75, 3.05) is 0 Å². The third kappa shape index (κ3) is 24100. The van der Waals surface area contributed by atoms with E-state index in [1.54, 1.807) is 0 Å². The molecule has 0 aromatic rings. The molecule has 0 bridgehead atoms. The molecule has 0 saturated heterocycles. The quantitative estimate of drug-likeness (QED) is 0.100. The molecule has 0 aliphatic rings. The molecule has 60 heteroatoms. The fourth-order valence-corrected chi connectivity index (χ4v) is 0. The van der Waals surface area contributed by atoms with Crippen LogP contribution < -0.4 is 0 Å². The first-order valence-electron chi connectivity index (χ1n) is 8.47. The van der Waals surface area contributed by atoms with Gasteiger partial charge in [-0.1, -0.05) is 0 Å². The van der Waals surface area contributed by atoms with Crippen LogP contribution in [-0.2, 0) is 58.0 Å². The van der Waals surface area contributed by atoms with Crippen LogP contribution in [0.25, 0.3) is 0 Å². The van der Waals surface area contributed by atoms with E-state index in [0.29, 0.717) is 0 Å². The summed E-state index contributed by atoms with van der Waals surface area (Å²) < 4.78 is 114. The molecule has 39 nitrogen and oxygen atoms in total. The summed E-state index contributed by atoms with van der Waals surface area (Å²) in [4.78, 5) is 186. The Labute approximate surface area is 528 Å². The molecule has 0 rings (SSSR count). The van der Waals surface area contributed by atoms with Crippen LogP contribution in [0.1, 0.15) is 0 Å². The average molecular weight is 1210 g/mol. The van der Waals surface area contributed by atoms with Crippen LogP contribution in [0.4, 0.5) is 0 Å². The predicted octanol–water partition coefficient (Wildman–Crippen LogP) is -26.2. The monoisotopic (exact) mass is 1210 g/mol. The minimum absolute atomic E-state index is 0. The molecule has 0 radical (unpaired) electrons. The summed E-state index contributed by atoms with van der Waals surface area (Å²) in [5.74, 6) is 0. The second-order valence-corrected chi connectivity index (χ2v) is 11.0. The Morgan fingerprint density at radius 1 is 0.117 bits per heavy atom. The summed E-state index contributed by atoms with van der Waals surface area (Å²) in [7, 11) is -40.7. The molecule has 0 atom stereocenters. The van der Waals surface area contributed by atoms with E-state index in [9.17, 15) is 0 Å². The summed E-state index contributed by atoms with van der Waals surface area (Å²) in [5.41, 5.74) is 0. The van der Waals surface area contributed by atoms with Gasteiger partial charge in [0.05, 0.1) is 0 Å². The van der Waals surface area contributed by atoms with Gasteiger partial charge in [0.1, 0.15) is 0 Å². The molecular formula is H34Na8O39Si13. The van der Waals surface area contributed by atoms with Crippen molar-refractivity contribution in [2.24, 2.45) is 0 Å². The van der Waals surface area contributed by atoms with Gasteiger partial charge in [-0.15, -0.1) is 0 Å². The topological polar surface area (TPSA) is 748 Å². The molecule has 0 amide bonds. The maximum atomic E-state index is 8.74. The molecule has 0 fully saturated rings. The van der Waals surface area contributed by atoms with Crippen molar-refractivity contribution < 1.29 is 183 Å². The summed E-state index contributed by atoms with van der Waals surface area (Å²) in [6.07, 6.45) is 0. The standard InChI is InChI=1S/8Na.13H2O3Si.8H/c;;;;;;;;13*1-4(2)3;;;;;;;;/h;;;;;;;;13*1-2H;;;;;;;;. The Bertz CT molecular complexity index is 664. The third-order valence-corrected chi connectivity index (χ3v) is 0. The van der Waals surface area contributed by atoms with Gasteiger partial charge in [0, 0.05) is 0 Å². The van der Waals surface area contributed by atoms with Crippen LogP contribution >= 0.6 is 0 Å². The molecule has 26 N–H and O–H groups in total. The molecule has 0 aliphatic heterocycles. The van der Waals surface area contributed by atoms with E-state index in [0.717, 1.165) is 0 Å². The van der Waals surface area contributed by atoms with Gasteiger partial charge in [-0.2, -0.15) is 0 Å². The predicted molar refractivity (Wildman–Crippen MR) is 199 cm³/mol. The van der Waals surface area contributed by atoms with Crippen LogP contribution in [-0.4, -0.2) is 480 Å². The normalized spacial score (nSPS) is 5.20. The molecule has 0 spiro atoms. The molecule has 0 heterocycles. The van der Waals surface area contributed by atoms with E-state index in [1.165, 1.54) is 0 Å². The van der Waals surface area contributed by atoms with Crippen LogP contribution in [0.3, 0.4) is 0 Å². The zero-order chi connectivity index (χ0) is 46.5. The fraction of sp³-hybridized carbons (Fsp3) is 0. The van der Waals surface area contributed by atoms with E-state index in [4.69, 9.17) is 183 Å². The van der Waals surface area contributed by atoms with Gasteiger partial charge in [-0.25, -0.2) is 0 Å². The van der Waals surface area contributed by atoms with Crippen molar-refractivity contribution in [1.29, 1.82) is 0 Å². The zero-order valence-corrected chi connectivity index (χ0v) is 36.4. The molecule has 60 heavy (non-hydrogen) atoms. The first-order valence-corrected chi connectivity index (χ1v) is 25.4. The van der Waals surface area contributed by atoms with Crippen molar-refractivity contribution in [2.45, 2.75) is 0 Å². The van der Waals surface area contributed by atoms with E-state index in [-0.39, 0.29) is 236 Å². The SMILES string of the molecule is O=[Si](O)O.O=[Si](O)O.O=[Si](O)O.O=[Si](O)O.O=[Si](O)O.O=[Si](O)O.O=[Si](O)O.O=[Si](O)O.O=[Si](O)O.O=[Si](O)O.O=[Si](O)O.O=[Si](O)O.O=[Si](O)O.[NaH].[NaH].[NaH].[NaH].[NaH].[NaH].[NaH].[NaH]. The van der Waals surface area contributed by atoms with Gasteiger partial charge < -0.3 is 125 Å². The molecule has 328 valence electrons. The van der Waals surface area contributed by atoms with Gasteiger partial charge >= 0.3 is 356 Å². The Kier molecular flexibility index (Phi) is 299.